The van der Waals surface area contributed by atoms with E-state index in [9.17, 15) is 31.2 Å². The molecule has 1 N–H and O–H groups in total. The SMILES string of the molecule is CC1(C)NC(=O)N(CN2CCN(S(=O)(=O)c3cccc(C(F)(F)F)c3)CC2)C1=O. The molecule has 2 fully saturated rings. The number of benzene rings is 1. The molecule has 12 heteroatoms. The first-order valence-electron chi connectivity index (χ1n) is 8.86. The molecule has 2 saturated heterocycles. The first kappa shape index (κ1) is 21.5. The normalized spacial score (nSPS) is 21.5. The Hall–Kier alpha value is -2.18. The lowest BCUT2D eigenvalue weighted by atomic mass is 10.1. The van der Waals surface area contributed by atoms with Crippen molar-refractivity contribution in [3.05, 3.63) is 29.8 Å². The van der Waals surface area contributed by atoms with Crippen LogP contribution < -0.4 is 5.32 Å². The number of nitrogens with zero attached hydrogens (tertiary/aromatic N) is 3. The van der Waals surface area contributed by atoms with Gasteiger partial charge in [0.05, 0.1) is 17.1 Å². The Morgan fingerprint density at radius 1 is 1.10 bits per heavy atom. The van der Waals surface area contributed by atoms with Crippen molar-refractivity contribution in [3.8, 4) is 0 Å². The van der Waals surface area contributed by atoms with Gasteiger partial charge < -0.3 is 5.32 Å². The maximum atomic E-state index is 12.9. The highest BCUT2D eigenvalue weighted by atomic mass is 32.2. The van der Waals surface area contributed by atoms with Crippen LogP contribution in [0.3, 0.4) is 0 Å². The largest absolute Gasteiger partial charge is 0.416 e. The number of nitrogens with one attached hydrogen (secondary N) is 1. The summed E-state index contributed by atoms with van der Waals surface area (Å²) in [6.07, 6.45) is -4.64. The molecule has 29 heavy (non-hydrogen) atoms. The monoisotopic (exact) mass is 434 g/mol. The summed E-state index contributed by atoms with van der Waals surface area (Å²) in [6, 6.07) is 3.12. The summed E-state index contributed by atoms with van der Waals surface area (Å²) in [6.45, 7) is 3.73. The van der Waals surface area contributed by atoms with E-state index >= 15 is 0 Å². The van der Waals surface area contributed by atoms with Crippen LogP contribution in [0, 0.1) is 0 Å². The summed E-state index contributed by atoms with van der Waals surface area (Å²) in [5.74, 6) is -0.374. The number of hydrogen-bond donors (Lipinski definition) is 1. The van der Waals surface area contributed by atoms with Crippen LogP contribution in [0.5, 0.6) is 0 Å². The Morgan fingerprint density at radius 3 is 2.24 bits per heavy atom. The number of imide groups is 1. The molecular formula is C17H21F3N4O4S. The molecule has 0 aliphatic carbocycles. The number of amides is 3. The molecule has 2 aliphatic rings. The molecule has 2 heterocycles. The van der Waals surface area contributed by atoms with Crippen molar-refractivity contribution >= 4 is 22.0 Å². The van der Waals surface area contributed by atoms with E-state index in [0.29, 0.717) is 6.07 Å². The zero-order valence-corrected chi connectivity index (χ0v) is 16.7. The summed E-state index contributed by atoms with van der Waals surface area (Å²) in [4.78, 5) is 26.6. The average Bonchev–Trinajstić information content (AvgIpc) is 2.83. The standard InChI is InChI=1S/C17H21F3N4O4S/c1-16(2)14(25)24(15(26)21-16)11-22-6-8-23(9-7-22)29(27,28)13-5-3-4-12(10-13)17(18,19)20/h3-5,10H,6-9,11H2,1-2H3,(H,21,26). The lowest BCUT2D eigenvalue weighted by Gasteiger charge is -2.35. The highest BCUT2D eigenvalue weighted by molar-refractivity contribution is 7.89. The quantitative estimate of drug-likeness (QED) is 0.722. The second-order valence-corrected chi connectivity index (χ2v) is 9.42. The fourth-order valence-corrected chi connectivity index (χ4v) is 4.71. The van der Waals surface area contributed by atoms with E-state index in [1.54, 1.807) is 18.7 Å². The number of carbonyl (C=O) groups excluding carboxylic acids is 2. The summed E-state index contributed by atoms with van der Waals surface area (Å²) in [5.41, 5.74) is -2.02. The average molecular weight is 434 g/mol. The summed E-state index contributed by atoms with van der Waals surface area (Å²) < 4.78 is 65.2. The van der Waals surface area contributed by atoms with Crippen molar-refractivity contribution in [1.82, 2.24) is 19.4 Å². The second kappa shape index (κ2) is 7.26. The van der Waals surface area contributed by atoms with Crippen molar-refractivity contribution in [2.75, 3.05) is 32.8 Å². The fourth-order valence-electron chi connectivity index (χ4n) is 3.24. The predicted molar refractivity (Wildman–Crippen MR) is 96.1 cm³/mol. The van der Waals surface area contributed by atoms with E-state index in [1.807, 2.05) is 0 Å². The van der Waals surface area contributed by atoms with E-state index in [2.05, 4.69) is 5.32 Å². The Bertz CT molecular complexity index is 925. The lowest BCUT2D eigenvalue weighted by molar-refractivity contribution is -0.137. The molecule has 0 radical (unpaired) electrons. The first-order chi connectivity index (χ1) is 13.3. The number of carbonyl (C=O) groups is 2. The highest BCUT2D eigenvalue weighted by Crippen LogP contribution is 2.31. The van der Waals surface area contributed by atoms with Crippen LogP contribution in [0.4, 0.5) is 18.0 Å². The molecular weight excluding hydrogens is 413 g/mol. The number of piperazine rings is 1. The van der Waals surface area contributed by atoms with E-state index in [4.69, 9.17) is 0 Å². The molecule has 0 saturated carbocycles. The molecule has 3 rings (SSSR count). The van der Waals surface area contributed by atoms with Crippen LogP contribution in [0.15, 0.2) is 29.2 Å². The maximum Gasteiger partial charge on any atom is 0.416 e. The topological polar surface area (TPSA) is 90.0 Å². The third-order valence-corrected chi connectivity index (χ3v) is 6.81. The third kappa shape index (κ3) is 4.23. The molecule has 0 spiro atoms. The second-order valence-electron chi connectivity index (χ2n) is 7.48. The van der Waals surface area contributed by atoms with Gasteiger partial charge in [-0.1, -0.05) is 6.07 Å². The number of urea groups is 1. The minimum Gasteiger partial charge on any atom is -0.324 e. The van der Waals surface area contributed by atoms with Gasteiger partial charge in [-0.15, -0.1) is 0 Å². The van der Waals surface area contributed by atoms with Crippen molar-refractivity contribution in [1.29, 1.82) is 0 Å². The summed E-state index contributed by atoms with van der Waals surface area (Å²) >= 11 is 0. The molecule has 0 atom stereocenters. The molecule has 3 amide bonds. The van der Waals surface area contributed by atoms with Gasteiger partial charge in [-0.05, 0) is 32.0 Å². The van der Waals surface area contributed by atoms with Crippen LogP contribution in [0.25, 0.3) is 0 Å². The van der Waals surface area contributed by atoms with Gasteiger partial charge >= 0.3 is 12.2 Å². The smallest absolute Gasteiger partial charge is 0.324 e. The molecule has 1 aromatic rings. The van der Waals surface area contributed by atoms with E-state index in [0.717, 1.165) is 27.4 Å². The van der Waals surface area contributed by atoms with E-state index in [1.165, 1.54) is 0 Å². The number of hydrogen-bond acceptors (Lipinski definition) is 5. The first-order valence-corrected chi connectivity index (χ1v) is 10.3. The van der Waals surface area contributed by atoms with Crippen molar-refractivity contribution in [2.24, 2.45) is 0 Å². The molecule has 160 valence electrons. The van der Waals surface area contributed by atoms with Crippen LogP contribution in [0.2, 0.25) is 0 Å². The van der Waals surface area contributed by atoms with Crippen molar-refractivity contribution < 1.29 is 31.2 Å². The van der Waals surface area contributed by atoms with Gasteiger partial charge in [0.1, 0.15) is 5.54 Å². The van der Waals surface area contributed by atoms with E-state index in [-0.39, 0.29) is 38.8 Å². The van der Waals surface area contributed by atoms with Gasteiger partial charge in [0.2, 0.25) is 10.0 Å². The highest BCUT2D eigenvalue weighted by Gasteiger charge is 2.45. The van der Waals surface area contributed by atoms with Crippen molar-refractivity contribution in [3.63, 3.8) is 0 Å². The zero-order chi connectivity index (χ0) is 21.6. The Morgan fingerprint density at radius 2 is 1.72 bits per heavy atom. The third-order valence-electron chi connectivity index (χ3n) is 4.92. The van der Waals surface area contributed by atoms with Gasteiger partial charge in [0, 0.05) is 26.2 Å². The molecule has 0 aromatic heterocycles. The van der Waals surface area contributed by atoms with Crippen LogP contribution in [-0.2, 0) is 21.0 Å². The number of rotatable bonds is 4. The Labute approximate surface area is 166 Å². The summed E-state index contributed by atoms with van der Waals surface area (Å²) in [5, 5.41) is 2.57. The fraction of sp³-hybridized carbons (Fsp3) is 0.529. The predicted octanol–water partition coefficient (Wildman–Crippen LogP) is 1.30. The summed E-state index contributed by atoms with van der Waals surface area (Å²) in [7, 11) is -4.09. The van der Waals surface area contributed by atoms with Crippen LogP contribution in [0.1, 0.15) is 19.4 Å². The van der Waals surface area contributed by atoms with E-state index < -0.39 is 38.2 Å². The lowest BCUT2D eigenvalue weighted by Crippen LogP contribution is -2.52. The number of alkyl halides is 3. The van der Waals surface area contributed by atoms with Gasteiger partial charge in [0.15, 0.2) is 0 Å². The van der Waals surface area contributed by atoms with Crippen LogP contribution in [-0.4, -0.2) is 72.8 Å². The zero-order valence-electron chi connectivity index (χ0n) is 15.9. The van der Waals surface area contributed by atoms with Gasteiger partial charge in [-0.2, -0.15) is 17.5 Å². The maximum absolute atomic E-state index is 12.9. The van der Waals surface area contributed by atoms with Crippen LogP contribution >= 0.6 is 0 Å². The molecule has 1 aromatic carbocycles. The Kier molecular flexibility index (Phi) is 5.39. The molecule has 0 unspecified atom stereocenters. The van der Waals surface area contributed by atoms with Gasteiger partial charge in [0.25, 0.3) is 5.91 Å². The number of halogens is 3. The van der Waals surface area contributed by atoms with Gasteiger partial charge in [-0.3, -0.25) is 9.69 Å². The molecule has 0 bridgehead atoms. The molecule has 2 aliphatic heterocycles. The Balaban J connectivity index is 1.66. The number of sulfonamides is 1. The van der Waals surface area contributed by atoms with Crippen molar-refractivity contribution in [2.45, 2.75) is 30.5 Å². The minimum atomic E-state index is -4.64. The minimum absolute atomic E-state index is 0.0194. The molecule has 8 nitrogen and oxygen atoms in total. The van der Waals surface area contributed by atoms with Gasteiger partial charge in [-0.25, -0.2) is 18.1 Å².